The average molecular weight is 309 g/mol. The van der Waals surface area contributed by atoms with Gasteiger partial charge in [0, 0.05) is 13.1 Å². The van der Waals surface area contributed by atoms with Gasteiger partial charge >= 0.3 is 0 Å². The Bertz CT molecular complexity index is 744. The maximum absolute atomic E-state index is 13.7. The van der Waals surface area contributed by atoms with Gasteiger partial charge in [-0.3, -0.25) is 4.79 Å². The number of fused-ring (bicyclic) bond motifs is 1. The number of halogens is 1. The first kappa shape index (κ1) is 14.2. The predicted molar refractivity (Wildman–Crippen MR) is 79.4 cm³/mol. The molecule has 2 atom stereocenters. The van der Waals surface area contributed by atoms with Crippen LogP contribution >= 0.6 is 12.2 Å². The van der Waals surface area contributed by atoms with Gasteiger partial charge in [0.2, 0.25) is 0 Å². The Balaban J connectivity index is 2.03. The highest BCUT2D eigenvalue weighted by Crippen LogP contribution is 2.21. The lowest BCUT2D eigenvalue weighted by molar-refractivity contribution is -0.0585. The van der Waals surface area contributed by atoms with E-state index in [0.29, 0.717) is 34.5 Å². The summed E-state index contributed by atoms with van der Waals surface area (Å²) in [4.78, 5) is 20.1. The molecule has 1 aromatic carbocycles. The summed E-state index contributed by atoms with van der Waals surface area (Å²) < 4.78 is 19.7. The highest BCUT2D eigenvalue weighted by atomic mass is 32.1. The molecule has 1 saturated heterocycles. The largest absolute Gasteiger partial charge is 0.372 e. The average Bonchev–Trinajstić information content (AvgIpc) is 2.75. The van der Waals surface area contributed by atoms with E-state index in [1.165, 1.54) is 12.1 Å². The van der Waals surface area contributed by atoms with E-state index in [-0.39, 0.29) is 18.1 Å². The summed E-state index contributed by atoms with van der Waals surface area (Å²) in [5.74, 6) is -0.683. The molecule has 1 aliphatic heterocycles. The number of H-pyrrole nitrogens is 2. The number of carbonyl (C=O) groups is 1. The Hall–Kier alpha value is -1.73. The minimum absolute atomic E-state index is 0.0357. The molecule has 2 aromatic rings. The van der Waals surface area contributed by atoms with Gasteiger partial charge in [0.15, 0.2) is 4.77 Å². The van der Waals surface area contributed by atoms with E-state index < -0.39 is 5.82 Å². The van der Waals surface area contributed by atoms with Crippen LogP contribution in [0.5, 0.6) is 0 Å². The Labute approximate surface area is 126 Å². The number of nitrogens with one attached hydrogen (secondary N) is 2. The molecule has 2 N–H and O–H groups in total. The number of hydrogen-bond donors (Lipinski definition) is 2. The third-order valence-electron chi connectivity index (χ3n) is 3.53. The lowest BCUT2D eigenvalue weighted by atomic mass is 10.1. The van der Waals surface area contributed by atoms with Crippen molar-refractivity contribution in [3.05, 3.63) is 28.3 Å². The van der Waals surface area contributed by atoms with Gasteiger partial charge in [-0.25, -0.2) is 4.39 Å². The number of amides is 1. The number of ether oxygens (including phenoxy) is 1. The third-order valence-corrected chi connectivity index (χ3v) is 3.73. The second-order valence-electron chi connectivity index (χ2n) is 5.42. The summed E-state index contributed by atoms with van der Waals surface area (Å²) in [5, 5.41) is 0. The number of rotatable bonds is 1. The SMILES string of the molecule is CC1CN(C(=O)c2cc(F)cc3[nH]c(=S)[nH]c23)CC(C)O1. The minimum atomic E-state index is -0.467. The van der Waals surface area contributed by atoms with Gasteiger partial charge in [-0.1, -0.05) is 0 Å². The van der Waals surface area contributed by atoms with Crippen molar-refractivity contribution in [2.24, 2.45) is 0 Å². The van der Waals surface area contributed by atoms with E-state index in [4.69, 9.17) is 17.0 Å². The second kappa shape index (κ2) is 5.23. The smallest absolute Gasteiger partial charge is 0.256 e. The fraction of sp³-hybridized carbons (Fsp3) is 0.429. The molecule has 0 bridgehead atoms. The van der Waals surface area contributed by atoms with Gasteiger partial charge in [-0.15, -0.1) is 0 Å². The van der Waals surface area contributed by atoms with Crippen molar-refractivity contribution in [2.45, 2.75) is 26.1 Å². The summed E-state index contributed by atoms with van der Waals surface area (Å²) in [5.41, 5.74) is 1.33. The maximum atomic E-state index is 13.7. The quantitative estimate of drug-likeness (QED) is 0.796. The lowest BCUT2D eigenvalue weighted by Crippen LogP contribution is -2.48. The molecule has 5 nitrogen and oxygen atoms in total. The number of benzene rings is 1. The van der Waals surface area contributed by atoms with Crippen molar-refractivity contribution >= 4 is 29.2 Å². The molecule has 0 aliphatic carbocycles. The van der Waals surface area contributed by atoms with Gasteiger partial charge in [-0.05, 0) is 38.2 Å². The van der Waals surface area contributed by atoms with Crippen molar-refractivity contribution in [3.8, 4) is 0 Å². The molecular formula is C14H16FN3O2S. The highest BCUT2D eigenvalue weighted by molar-refractivity contribution is 7.71. The minimum Gasteiger partial charge on any atom is -0.372 e. The van der Waals surface area contributed by atoms with Crippen molar-refractivity contribution < 1.29 is 13.9 Å². The van der Waals surface area contributed by atoms with Gasteiger partial charge in [0.05, 0.1) is 28.8 Å². The van der Waals surface area contributed by atoms with E-state index in [9.17, 15) is 9.18 Å². The molecule has 0 radical (unpaired) electrons. The summed E-state index contributed by atoms with van der Waals surface area (Å²) >= 11 is 5.02. The van der Waals surface area contributed by atoms with Crippen LogP contribution in [0.4, 0.5) is 4.39 Å². The number of aromatic nitrogens is 2. The summed E-state index contributed by atoms with van der Waals surface area (Å²) in [6.07, 6.45) is -0.0714. The van der Waals surface area contributed by atoms with Gasteiger partial charge in [0.1, 0.15) is 5.82 Å². The molecule has 2 heterocycles. The third kappa shape index (κ3) is 2.71. The predicted octanol–water partition coefficient (Wildman–Crippen LogP) is 2.61. The molecule has 1 amide bonds. The van der Waals surface area contributed by atoms with Crippen molar-refractivity contribution in [1.29, 1.82) is 0 Å². The van der Waals surface area contributed by atoms with Crippen molar-refractivity contribution in [2.75, 3.05) is 13.1 Å². The fourth-order valence-corrected chi connectivity index (χ4v) is 3.00. The molecular weight excluding hydrogens is 293 g/mol. The van der Waals surface area contributed by atoms with E-state index in [1.807, 2.05) is 13.8 Å². The topological polar surface area (TPSA) is 61.1 Å². The van der Waals surface area contributed by atoms with Crippen LogP contribution in [0.25, 0.3) is 11.0 Å². The molecule has 3 rings (SSSR count). The van der Waals surface area contributed by atoms with E-state index in [2.05, 4.69) is 9.97 Å². The van der Waals surface area contributed by atoms with Gasteiger partial charge < -0.3 is 19.6 Å². The number of morpholine rings is 1. The summed E-state index contributed by atoms with van der Waals surface area (Å²) in [6, 6.07) is 2.57. The van der Waals surface area contributed by atoms with Crippen LogP contribution in [-0.4, -0.2) is 46.1 Å². The molecule has 1 aromatic heterocycles. The van der Waals surface area contributed by atoms with Crippen LogP contribution in [0.2, 0.25) is 0 Å². The molecule has 7 heteroatoms. The Morgan fingerprint density at radius 3 is 2.67 bits per heavy atom. The van der Waals surface area contributed by atoms with Crippen LogP contribution in [0.15, 0.2) is 12.1 Å². The number of aromatic amines is 2. The van der Waals surface area contributed by atoms with Crippen LogP contribution in [0.3, 0.4) is 0 Å². The van der Waals surface area contributed by atoms with Crippen LogP contribution in [-0.2, 0) is 4.74 Å². The first-order valence-electron chi connectivity index (χ1n) is 6.80. The number of nitrogens with zero attached hydrogens (tertiary/aromatic N) is 1. The number of carbonyl (C=O) groups excluding carboxylic acids is 1. The molecule has 2 unspecified atom stereocenters. The van der Waals surface area contributed by atoms with Crippen LogP contribution < -0.4 is 0 Å². The fourth-order valence-electron chi connectivity index (χ4n) is 2.79. The van der Waals surface area contributed by atoms with E-state index in [1.54, 1.807) is 4.90 Å². The zero-order chi connectivity index (χ0) is 15.1. The molecule has 1 aliphatic rings. The Morgan fingerprint density at radius 1 is 1.33 bits per heavy atom. The molecule has 0 spiro atoms. The van der Waals surface area contributed by atoms with Crippen LogP contribution in [0, 0.1) is 10.6 Å². The van der Waals surface area contributed by atoms with Crippen LogP contribution in [0.1, 0.15) is 24.2 Å². The number of hydrogen-bond acceptors (Lipinski definition) is 3. The van der Waals surface area contributed by atoms with E-state index >= 15 is 0 Å². The standard InChI is InChI=1S/C14H16FN3O2S/c1-7-5-18(6-8(2)20-7)13(19)10-3-9(15)4-11-12(10)17-14(21)16-11/h3-4,7-8H,5-6H2,1-2H3,(H2,16,17,21). The van der Waals surface area contributed by atoms with Crippen molar-refractivity contribution in [1.82, 2.24) is 14.9 Å². The maximum Gasteiger partial charge on any atom is 0.256 e. The summed E-state index contributed by atoms with van der Waals surface area (Å²) in [6.45, 7) is 4.82. The summed E-state index contributed by atoms with van der Waals surface area (Å²) in [7, 11) is 0. The van der Waals surface area contributed by atoms with Crippen molar-refractivity contribution in [3.63, 3.8) is 0 Å². The first-order valence-corrected chi connectivity index (χ1v) is 7.21. The monoisotopic (exact) mass is 309 g/mol. The first-order chi connectivity index (χ1) is 9.94. The van der Waals surface area contributed by atoms with Gasteiger partial charge in [-0.2, -0.15) is 0 Å². The molecule has 0 saturated carbocycles. The Morgan fingerprint density at radius 2 is 2.00 bits per heavy atom. The second-order valence-corrected chi connectivity index (χ2v) is 5.83. The molecule has 112 valence electrons. The molecule has 21 heavy (non-hydrogen) atoms. The Kier molecular flexibility index (Phi) is 3.54. The van der Waals surface area contributed by atoms with E-state index in [0.717, 1.165) is 0 Å². The zero-order valence-electron chi connectivity index (χ0n) is 11.8. The molecule has 1 fully saturated rings. The highest BCUT2D eigenvalue weighted by Gasteiger charge is 2.28. The normalized spacial score (nSPS) is 22.7. The van der Waals surface area contributed by atoms with Gasteiger partial charge in [0.25, 0.3) is 5.91 Å². The lowest BCUT2D eigenvalue weighted by Gasteiger charge is -2.35. The zero-order valence-corrected chi connectivity index (χ0v) is 12.6. The number of imidazole rings is 1.